The summed E-state index contributed by atoms with van der Waals surface area (Å²) in [5.74, 6) is -0.374. The quantitative estimate of drug-likeness (QED) is 0.0346. The predicted molar refractivity (Wildman–Crippen MR) is 275 cm³/mol. The highest BCUT2D eigenvalue weighted by molar-refractivity contribution is 5.70. The number of ether oxygens (including phenoxy) is 3. The van der Waals surface area contributed by atoms with Gasteiger partial charge in [-0.2, -0.15) is 0 Å². The molecule has 0 unspecified atom stereocenters. The number of unbranched alkanes of at least 4 members (excludes halogenated alkanes) is 41. The molecule has 5 nitrogen and oxygen atoms in total. The fourth-order valence-electron chi connectivity index (χ4n) is 8.74. The van der Waals surface area contributed by atoms with Gasteiger partial charge in [0.1, 0.15) is 6.61 Å². The van der Waals surface area contributed by atoms with Gasteiger partial charge in [-0.05, 0) is 44.9 Å². The van der Waals surface area contributed by atoms with Crippen molar-refractivity contribution in [2.24, 2.45) is 0 Å². The van der Waals surface area contributed by atoms with Gasteiger partial charge in [0.2, 0.25) is 0 Å². The van der Waals surface area contributed by atoms with Gasteiger partial charge in [0.05, 0.1) is 6.61 Å². The van der Waals surface area contributed by atoms with Crippen LogP contribution in [0.4, 0.5) is 0 Å². The molecule has 0 aliphatic carbocycles. The van der Waals surface area contributed by atoms with Crippen LogP contribution < -0.4 is 0 Å². The summed E-state index contributed by atoms with van der Waals surface area (Å²) in [4.78, 5) is 25.5. The normalized spacial score (nSPS) is 12.1. The Bertz CT molecular complexity index is 917. The van der Waals surface area contributed by atoms with Gasteiger partial charge in [0.15, 0.2) is 6.10 Å². The smallest absolute Gasteiger partial charge is 0.306 e. The van der Waals surface area contributed by atoms with Crippen molar-refractivity contribution in [3.63, 3.8) is 0 Å². The van der Waals surface area contributed by atoms with Gasteiger partial charge in [-0.3, -0.25) is 9.59 Å². The Balaban J connectivity index is 4.18. The molecule has 5 heteroatoms. The lowest BCUT2D eigenvalue weighted by Gasteiger charge is -2.18. The maximum Gasteiger partial charge on any atom is 0.306 e. The molecule has 0 radical (unpaired) electrons. The van der Waals surface area contributed by atoms with Gasteiger partial charge in [-0.25, -0.2) is 0 Å². The van der Waals surface area contributed by atoms with E-state index in [1.54, 1.807) is 0 Å². The van der Waals surface area contributed by atoms with Crippen LogP contribution in [-0.4, -0.2) is 37.9 Å². The minimum absolute atomic E-state index is 0.0945. The summed E-state index contributed by atoms with van der Waals surface area (Å²) in [6.45, 7) is 7.90. The summed E-state index contributed by atoms with van der Waals surface area (Å²) < 4.78 is 17.5. The van der Waals surface area contributed by atoms with E-state index in [-0.39, 0.29) is 18.5 Å². The maximum atomic E-state index is 12.8. The molecule has 0 aliphatic heterocycles. The van der Waals surface area contributed by atoms with Gasteiger partial charge in [-0.15, -0.1) is 0 Å². The minimum Gasteiger partial charge on any atom is -0.462 e. The molecule has 63 heavy (non-hydrogen) atoms. The van der Waals surface area contributed by atoms with Crippen molar-refractivity contribution < 1.29 is 23.8 Å². The summed E-state index contributed by atoms with van der Waals surface area (Å²) in [6, 6.07) is 0. The molecule has 0 N–H and O–H groups in total. The molecule has 0 aromatic rings. The molecule has 0 aliphatic rings. The van der Waals surface area contributed by atoms with E-state index in [2.05, 4.69) is 32.9 Å². The Morgan fingerprint density at radius 3 is 0.968 bits per heavy atom. The van der Waals surface area contributed by atoms with Gasteiger partial charge < -0.3 is 14.2 Å². The van der Waals surface area contributed by atoms with Crippen molar-refractivity contribution in [3.05, 3.63) is 12.2 Å². The van der Waals surface area contributed by atoms with Crippen molar-refractivity contribution in [2.75, 3.05) is 19.8 Å². The average molecular weight is 890 g/mol. The second-order valence-corrected chi connectivity index (χ2v) is 19.6. The van der Waals surface area contributed by atoms with Crippen molar-refractivity contribution in [3.8, 4) is 0 Å². The summed E-state index contributed by atoms with van der Waals surface area (Å²) in [7, 11) is 0. The molecular formula is C58H112O5. The largest absolute Gasteiger partial charge is 0.462 e. The third kappa shape index (κ3) is 53.1. The Labute approximate surface area is 395 Å². The van der Waals surface area contributed by atoms with Crippen LogP contribution in [0, 0.1) is 0 Å². The zero-order valence-electron chi connectivity index (χ0n) is 43.1. The van der Waals surface area contributed by atoms with Crippen LogP contribution in [0.3, 0.4) is 0 Å². The first-order valence-electron chi connectivity index (χ1n) is 28.7. The Kier molecular flexibility index (Phi) is 53.8. The molecule has 0 fully saturated rings. The first-order valence-corrected chi connectivity index (χ1v) is 28.7. The standard InChI is InChI=1S/C58H112O5/c1-4-7-10-13-16-19-22-25-27-29-30-31-32-34-37-40-43-46-49-52-58(60)63-56(55-62-57(59)51-48-45-42-39-36-24-21-18-15-12-9-6-3)54-61-53-50-47-44-41-38-35-33-28-26-23-20-17-14-11-8-5-2/h25,27,56H,4-24,26,28-55H2,1-3H3/b27-25-/t56-/m1/s1. The minimum atomic E-state index is -0.528. The molecule has 0 amide bonds. The Morgan fingerprint density at radius 2 is 0.619 bits per heavy atom. The van der Waals surface area contributed by atoms with E-state index < -0.39 is 6.10 Å². The monoisotopic (exact) mass is 889 g/mol. The molecule has 374 valence electrons. The molecule has 0 rings (SSSR count). The predicted octanol–water partition coefficient (Wildman–Crippen LogP) is 19.4. The molecule has 0 aromatic carbocycles. The number of esters is 2. The van der Waals surface area contributed by atoms with E-state index in [0.717, 1.165) is 32.1 Å². The molecule has 0 bridgehead atoms. The van der Waals surface area contributed by atoms with E-state index in [4.69, 9.17) is 14.2 Å². The lowest BCUT2D eigenvalue weighted by Crippen LogP contribution is -2.30. The molecule has 0 saturated heterocycles. The summed E-state index contributed by atoms with van der Waals surface area (Å²) in [5, 5.41) is 0. The van der Waals surface area contributed by atoms with Gasteiger partial charge in [-0.1, -0.05) is 277 Å². The van der Waals surface area contributed by atoms with Gasteiger partial charge >= 0.3 is 11.9 Å². The van der Waals surface area contributed by atoms with Crippen LogP contribution in [0.25, 0.3) is 0 Å². The zero-order chi connectivity index (χ0) is 45.6. The zero-order valence-corrected chi connectivity index (χ0v) is 43.1. The first-order chi connectivity index (χ1) is 31.1. The van der Waals surface area contributed by atoms with Crippen molar-refractivity contribution in [1.82, 2.24) is 0 Å². The van der Waals surface area contributed by atoms with E-state index in [1.807, 2.05) is 0 Å². The maximum absolute atomic E-state index is 12.8. The third-order valence-corrected chi connectivity index (χ3v) is 13.1. The highest BCUT2D eigenvalue weighted by atomic mass is 16.6. The van der Waals surface area contributed by atoms with Crippen molar-refractivity contribution in [1.29, 1.82) is 0 Å². The highest BCUT2D eigenvalue weighted by Gasteiger charge is 2.17. The SMILES string of the molecule is CCCCCCCC/C=C\CCCCCCCCCCCC(=O)O[C@H](COCCCCCCCCCCCCCCCCCC)COC(=O)CCCCCCCCCCCCCC. The van der Waals surface area contributed by atoms with Gasteiger partial charge in [0, 0.05) is 19.4 Å². The number of allylic oxidation sites excluding steroid dienone is 2. The fraction of sp³-hybridized carbons (Fsp3) is 0.931. The number of rotatable bonds is 54. The van der Waals surface area contributed by atoms with E-state index in [9.17, 15) is 9.59 Å². The second-order valence-electron chi connectivity index (χ2n) is 19.6. The fourth-order valence-corrected chi connectivity index (χ4v) is 8.74. The molecule has 1 atom stereocenters. The molecule has 0 saturated carbocycles. The number of hydrogen-bond donors (Lipinski definition) is 0. The average Bonchev–Trinajstić information content (AvgIpc) is 3.28. The molecule has 0 aromatic heterocycles. The third-order valence-electron chi connectivity index (χ3n) is 13.1. The summed E-state index contributed by atoms with van der Waals surface area (Å²) in [5.41, 5.74) is 0. The molecular weight excluding hydrogens is 777 g/mol. The number of hydrogen-bond acceptors (Lipinski definition) is 5. The van der Waals surface area contributed by atoms with Crippen LogP contribution in [0.2, 0.25) is 0 Å². The van der Waals surface area contributed by atoms with Crippen molar-refractivity contribution >= 4 is 11.9 Å². The van der Waals surface area contributed by atoms with Crippen molar-refractivity contribution in [2.45, 2.75) is 329 Å². The van der Waals surface area contributed by atoms with E-state index in [1.165, 1.54) is 257 Å². The summed E-state index contributed by atoms with van der Waals surface area (Å²) >= 11 is 0. The molecule has 0 spiro atoms. The van der Waals surface area contributed by atoms with Crippen LogP contribution in [0.15, 0.2) is 12.2 Å². The lowest BCUT2D eigenvalue weighted by molar-refractivity contribution is -0.163. The van der Waals surface area contributed by atoms with Crippen LogP contribution in [-0.2, 0) is 23.8 Å². The second kappa shape index (κ2) is 55.0. The Hall–Kier alpha value is -1.36. The van der Waals surface area contributed by atoms with Crippen LogP contribution in [0.5, 0.6) is 0 Å². The molecule has 0 heterocycles. The van der Waals surface area contributed by atoms with E-state index in [0.29, 0.717) is 26.1 Å². The van der Waals surface area contributed by atoms with Crippen LogP contribution >= 0.6 is 0 Å². The Morgan fingerprint density at radius 1 is 0.333 bits per heavy atom. The van der Waals surface area contributed by atoms with Gasteiger partial charge in [0.25, 0.3) is 0 Å². The summed E-state index contributed by atoms with van der Waals surface area (Å²) in [6.07, 6.45) is 63.7. The highest BCUT2D eigenvalue weighted by Crippen LogP contribution is 2.17. The first kappa shape index (κ1) is 61.6. The topological polar surface area (TPSA) is 61.8 Å². The number of carbonyl (C=O) groups excluding carboxylic acids is 2. The lowest BCUT2D eigenvalue weighted by atomic mass is 10.0. The van der Waals surface area contributed by atoms with Crippen LogP contribution in [0.1, 0.15) is 323 Å². The van der Waals surface area contributed by atoms with E-state index >= 15 is 0 Å². The number of carbonyl (C=O) groups is 2.